The number of aryl methyl sites for hydroxylation is 1. The van der Waals surface area contributed by atoms with Gasteiger partial charge in [0.25, 0.3) is 5.91 Å². The fourth-order valence-corrected chi connectivity index (χ4v) is 2.84. The fourth-order valence-electron chi connectivity index (χ4n) is 2.68. The first-order valence-electron chi connectivity index (χ1n) is 8.49. The van der Waals surface area contributed by atoms with Crippen LogP contribution in [0.15, 0.2) is 66.9 Å². The lowest BCUT2D eigenvalue weighted by Crippen LogP contribution is -2.13. The number of pyridine rings is 1. The highest BCUT2D eigenvalue weighted by Crippen LogP contribution is 2.17. The lowest BCUT2D eigenvalue weighted by molar-refractivity contribution is 0.102. The molecule has 0 unspecified atom stereocenters. The third-order valence-electron chi connectivity index (χ3n) is 4.03. The molecular weight excluding hydrogens is 346 g/mol. The molecule has 2 N–H and O–H groups in total. The van der Waals surface area contributed by atoms with Crippen molar-refractivity contribution in [2.75, 3.05) is 10.6 Å². The van der Waals surface area contributed by atoms with Crippen LogP contribution in [0.4, 0.5) is 11.5 Å². The molecular formula is C21H20ClN3O. The van der Waals surface area contributed by atoms with E-state index in [-0.39, 0.29) is 5.91 Å². The van der Waals surface area contributed by atoms with Crippen LogP contribution < -0.4 is 10.6 Å². The topological polar surface area (TPSA) is 54.0 Å². The zero-order valence-electron chi connectivity index (χ0n) is 14.5. The van der Waals surface area contributed by atoms with Crippen molar-refractivity contribution in [3.8, 4) is 0 Å². The molecule has 0 aliphatic carbocycles. The highest BCUT2D eigenvalue weighted by Gasteiger charge is 2.08. The van der Waals surface area contributed by atoms with E-state index in [2.05, 4.69) is 34.7 Å². The Morgan fingerprint density at radius 1 is 1.08 bits per heavy atom. The normalized spacial score (nSPS) is 10.4. The minimum atomic E-state index is -0.212. The summed E-state index contributed by atoms with van der Waals surface area (Å²) in [6, 6.07) is 19.1. The monoisotopic (exact) mass is 365 g/mol. The summed E-state index contributed by atoms with van der Waals surface area (Å²) in [5.41, 5.74) is 4.00. The molecule has 1 aromatic heterocycles. The van der Waals surface area contributed by atoms with Crippen molar-refractivity contribution in [1.29, 1.82) is 0 Å². The maximum Gasteiger partial charge on any atom is 0.256 e. The third kappa shape index (κ3) is 4.61. The zero-order chi connectivity index (χ0) is 18.4. The van der Waals surface area contributed by atoms with Gasteiger partial charge < -0.3 is 10.6 Å². The minimum Gasteiger partial charge on any atom is -0.381 e. The van der Waals surface area contributed by atoms with Crippen LogP contribution in [-0.2, 0) is 13.0 Å². The lowest BCUT2D eigenvalue weighted by atomic mass is 10.1. The van der Waals surface area contributed by atoms with Crippen molar-refractivity contribution >= 4 is 29.0 Å². The lowest BCUT2D eigenvalue weighted by Gasteiger charge is -2.11. The van der Waals surface area contributed by atoms with E-state index in [0.29, 0.717) is 22.9 Å². The van der Waals surface area contributed by atoms with Gasteiger partial charge in [-0.05, 0) is 47.9 Å². The van der Waals surface area contributed by atoms with Crippen molar-refractivity contribution in [3.05, 3.63) is 88.6 Å². The van der Waals surface area contributed by atoms with Crippen LogP contribution in [0.25, 0.3) is 0 Å². The molecule has 1 heterocycles. The van der Waals surface area contributed by atoms with E-state index in [1.807, 2.05) is 30.3 Å². The average molecular weight is 366 g/mol. The number of anilines is 2. The molecule has 0 aliphatic heterocycles. The number of carbonyl (C=O) groups excluding carboxylic acids is 1. The first-order valence-corrected chi connectivity index (χ1v) is 8.87. The van der Waals surface area contributed by atoms with E-state index >= 15 is 0 Å². The molecule has 132 valence electrons. The minimum absolute atomic E-state index is 0.212. The van der Waals surface area contributed by atoms with E-state index < -0.39 is 0 Å². The van der Waals surface area contributed by atoms with Crippen molar-refractivity contribution < 1.29 is 4.79 Å². The highest BCUT2D eigenvalue weighted by atomic mass is 35.5. The largest absolute Gasteiger partial charge is 0.381 e. The van der Waals surface area contributed by atoms with E-state index in [4.69, 9.17) is 11.6 Å². The summed E-state index contributed by atoms with van der Waals surface area (Å²) in [7, 11) is 0. The van der Waals surface area contributed by atoms with Crippen molar-refractivity contribution in [2.45, 2.75) is 19.9 Å². The first-order chi connectivity index (χ1) is 12.7. The molecule has 3 rings (SSSR count). The van der Waals surface area contributed by atoms with Gasteiger partial charge in [-0.15, -0.1) is 0 Å². The summed E-state index contributed by atoms with van der Waals surface area (Å²) < 4.78 is 0. The Morgan fingerprint density at radius 2 is 1.92 bits per heavy atom. The second-order valence-corrected chi connectivity index (χ2v) is 6.31. The summed E-state index contributed by atoms with van der Waals surface area (Å²) in [5, 5.41) is 6.74. The molecule has 0 atom stereocenters. The van der Waals surface area contributed by atoms with Crippen LogP contribution in [0.1, 0.15) is 28.4 Å². The molecule has 0 aliphatic rings. The maximum absolute atomic E-state index is 12.4. The molecule has 26 heavy (non-hydrogen) atoms. The second-order valence-electron chi connectivity index (χ2n) is 5.88. The van der Waals surface area contributed by atoms with E-state index in [9.17, 15) is 4.79 Å². The van der Waals surface area contributed by atoms with Gasteiger partial charge in [-0.3, -0.25) is 4.79 Å². The zero-order valence-corrected chi connectivity index (χ0v) is 15.3. The number of aromatic nitrogens is 1. The standard InChI is InChI=1S/C21H20ClN3O/c1-2-16-7-3-4-9-19(16)24-14-15-6-5-8-17(12-15)21(26)25-20-13-18(22)10-11-23-20/h3-13,24H,2,14H2,1H3,(H,23,25,26). The van der Waals surface area contributed by atoms with Crippen LogP contribution >= 0.6 is 11.6 Å². The highest BCUT2D eigenvalue weighted by molar-refractivity contribution is 6.30. The Balaban J connectivity index is 1.68. The number of amides is 1. The number of para-hydroxylation sites is 1. The number of benzene rings is 2. The Kier molecular flexibility index (Phi) is 5.87. The summed E-state index contributed by atoms with van der Waals surface area (Å²) in [6.45, 7) is 2.78. The van der Waals surface area contributed by atoms with E-state index in [0.717, 1.165) is 17.7 Å². The van der Waals surface area contributed by atoms with Gasteiger partial charge in [0, 0.05) is 29.0 Å². The molecule has 2 aromatic carbocycles. The SMILES string of the molecule is CCc1ccccc1NCc1cccc(C(=O)Nc2cc(Cl)ccn2)c1. The van der Waals surface area contributed by atoms with Gasteiger partial charge in [-0.1, -0.05) is 48.9 Å². The average Bonchev–Trinajstić information content (AvgIpc) is 2.67. The Hall–Kier alpha value is -2.85. The maximum atomic E-state index is 12.4. The molecule has 3 aromatic rings. The van der Waals surface area contributed by atoms with Gasteiger partial charge in [0.1, 0.15) is 5.82 Å². The fraction of sp³-hybridized carbons (Fsp3) is 0.143. The van der Waals surface area contributed by atoms with Gasteiger partial charge in [0.05, 0.1) is 0 Å². The molecule has 0 radical (unpaired) electrons. The summed E-state index contributed by atoms with van der Waals surface area (Å²) in [5.74, 6) is 0.221. The van der Waals surface area contributed by atoms with Gasteiger partial charge in [0.2, 0.25) is 0 Å². The molecule has 0 saturated heterocycles. The number of rotatable bonds is 6. The molecule has 0 saturated carbocycles. The van der Waals surface area contributed by atoms with Crippen LogP contribution in [0.5, 0.6) is 0 Å². The predicted octanol–water partition coefficient (Wildman–Crippen LogP) is 5.16. The summed E-state index contributed by atoms with van der Waals surface area (Å²) in [6.07, 6.45) is 2.53. The van der Waals surface area contributed by atoms with Crippen LogP contribution in [0.2, 0.25) is 5.02 Å². The number of nitrogens with one attached hydrogen (secondary N) is 2. The Labute approximate surface area is 158 Å². The van der Waals surface area contributed by atoms with Crippen LogP contribution in [0.3, 0.4) is 0 Å². The number of hydrogen-bond acceptors (Lipinski definition) is 3. The van der Waals surface area contributed by atoms with Crippen LogP contribution in [0, 0.1) is 0 Å². The van der Waals surface area contributed by atoms with Crippen molar-refractivity contribution in [3.63, 3.8) is 0 Å². The quantitative estimate of drug-likeness (QED) is 0.634. The molecule has 0 spiro atoms. The third-order valence-corrected chi connectivity index (χ3v) is 4.27. The number of nitrogens with zero attached hydrogens (tertiary/aromatic N) is 1. The Bertz CT molecular complexity index is 911. The predicted molar refractivity (Wildman–Crippen MR) is 107 cm³/mol. The van der Waals surface area contributed by atoms with Crippen molar-refractivity contribution in [1.82, 2.24) is 4.98 Å². The number of halogens is 1. The molecule has 0 fully saturated rings. The van der Waals surface area contributed by atoms with Gasteiger partial charge in [-0.25, -0.2) is 4.98 Å². The smallest absolute Gasteiger partial charge is 0.256 e. The molecule has 0 bridgehead atoms. The molecule has 4 nitrogen and oxygen atoms in total. The second kappa shape index (κ2) is 8.50. The summed E-state index contributed by atoms with van der Waals surface area (Å²) >= 11 is 5.92. The van der Waals surface area contributed by atoms with E-state index in [1.54, 1.807) is 24.4 Å². The van der Waals surface area contributed by atoms with Crippen molar-refractivity contribution in [2.24, 2.45) is 0 Å². The Morgan fingerprint density at radius 3 is 2.73 bits per heavy atom. The van der Waals surface area contributed by atoms with Gasteiger partial charge in [-0.2, -0.15) is 0 Å². The molecule has 1 amide bonds. The van der Waals surface area contributed by atoms with Gasteiger partial charge in [0.15, 0.2) is 0 Å². The summed E-state index contributed by atoms with van der Waals surface area (Å²) in [4.78, 5) is 16.5. The van der Waals surface area contributed by atoms with E-state index in [1.165, 1.54) is 5.56 Å². The number of carbonyl (C=O) groups is 1. The van der Waals surface area contributed by atoms with Gasteiger partial charge >= 0.3 is 0 Å². The number of hydrogen-bond donors (Lipinski definition) is 2. The first kappa shape index (κ1) is 18.0. The van der Waals surface area contributed by atoms with Crippen LogP contribution in [-0.4, -0.2) is 10.9 Å². The molecule has 5 heteroatoms.